The lowest BCUT2D eigenvalue weighted by atomic mass is 9.72. The van der Waals surface area contributed by atoms with E-state index in [1.807, 2.05) is 0 Å². The number of fused-ring (bicyclic) bond motifs is 1. The summed E-state index contributed by atoms with van der Waals surface area (Å²) in [6.45, 7) is 1.74. The van der Waals surface area contributed by atoms with Crippen molar-refractivity contribution < 1.29 is 28.7 Å². The van der Waals surface area contributed by atoms with Gasteiger partial charge in [0.2, 0.25) is 0 Å². The standard InChI is InChI=1S/C13H12O6/c1-5-2-6(7-4-9(14)18-11(7)15)3-8-10(5)13(17)19-12(8)16/h2,6-8,10H,3-4H2,1H3. The number of cyclic esters (lactones) is 4. The zero-order valence-corrected chi connectivity index (χ0v) is 10.3. The first-order valence-electron chi connectivity index (χ1n) is 6.15. The van der Waals surface area contributed by atoms with Crippen molar-refractivity contribution in [2.24, 2.45) is 23.7 Å². The summed E-state index contributed by atoms with van der Waals surface area (Å²) in [7, 11) is 0. The van der Waals surface area contributed by atoms with E-state index in [1.54, 1.807) is 13.0 Å². The van der Waals surface area contributed by atoms with Gasteiger partial charge >= 0.3 is 23.9 Å². The smallest absolute Gasteiger partial charge is 0.321 e. The highest BCUT2D eigenvalue weighted by Gasteiger charge is 2.51. The van der Waals surface area contributed by atoms with Crippen LogP contribution in [0, 0.1) is 23.7 Å². The lowest BCUT2D eigenvalue weighted by Gasteiger charge is -2.27. The molecule has 0 radical (unpaired) electrons. The second-order valence-electron chi connectivity index (χ2n) is 5.24. The van der Waals surface area contributed by atoms with E-state index in [-0.39, 0.29) is 12.3 Å². The van der Waals surface area contributed by atoms with Crippen molar-refractivity contribution in [2.45, 2.75) is 19.8 Å². The molecule has 3 rings (SSSR count). The van der Waals surface area contributed by atoms with Gasteiger partial charge in [-0.1, -0.05) is 11.6 Å². The molecule has 0 saturated carbocycles. The number of carbonyl (C=O) groups excluding carboxylic acids is 4. The van der Waals surface area contributed by atoms with Gasteiger partial charge in [-0.3, -0.25) is 19.2 Å². The molecule has 2 fully saturated rings. The molecule has 6 heteroatoms. The fourth-order valence-corrected chi connectivity index (χ4v) is 3.18. The van der Waals surface area contributed by atoms with Crippen molar-refractivity contribution in [3.63, 3.8) is 0 Å². The average Bonchev–Trinajstić information content (AvgIpc) is 2.80. The fraction of sp³-hybridized carbons (Fsp3) is 0.538. The van der Waals surface area contributed by atoms with Crippen LogP contribution in [0.5, 0.6) is 0 Å². The molecule has 100 valence electrons. The van der Waals surface area contributed by atoms with Crippen LogP contribution in [-0.4, -0.2) is 23.9 Å². The molecule has 4 unspecified atom stereocenters. The van der Waals surface area contributed by atoms with Gasteiger partial charge in [-0.25, -0.2) is 0 Å². The van der Waals surface area contributed by atoms with Crippen LogP contribution in [0.2, 0.25) is 0 Å². The van der Waals surface area contributed by atoms with Crippen LogP contribution in [0.3, 0.4) is 0 Å². The van der Waals surface area contributed by atoms with E-state index in [2.05, 4.69) is 9.47 Å². The first-order chi connectivity index (χ1) is 8.97. The number of rotatable bonds is 1. The summed E-state index contributed by atoms with van der Waals surface area (Å²) in [4.78, 5) is 45.9. The van der Waals surface area contributed by atoms with Gasteiger partial charge in [-0.2, -0.15) is 0 Å². The molecule has 2 aliphatic heterocycles. The molecule has 0 amide bonds. The number of esters is 4. The van der Waals surface area contributed by atoms with Crippen molar-refractivity contribution in [2.75, 3.05) is 0 Å². The van der Waals surface area contributed by atoms with Gasteiger partial charge in [0, 0.05) is 0 Å². The normalized spacial score (nSPS) is 37.8. The second-order valence-corrected chi connectivity index (χ2v) is 5.24. The largest absolute Gasteiger partial charge is 0.393 e. The Labute approximate surface area is 108 Å². The summed E-state index contributed by atoms with van der Waals surface area (Å²) >= 11 is 0. The number of hydrogen-bond donors (Lipinski definition) is 0. The first kappa shape index (κ1) is 12.1. The van der Waals surface area contributed by atoms with Crippen LogP contribution >= 0.6 is 0 Å². The van der Waals surface area contributed by atoms with Gasteiger partial charge in [0.25, 0.3) is 0 Å². The van der Waals surface area contributed by atoms with Crippen molar-refractivity contribution in [1.82, 2.24) is 0 Å². The van der Waals surface area contributed by atoms with Crippen LogP contribution in [0.4, 0.5) is 0 Å². The van der Waals surface area contributed by atoms with Crippen LogP contribution in [0.25, 0.3) is 0 Å². The zero-order valence-electron chi connectivity index (χ0n) is 10.3. The van der Waals surface area contributed by atoms with Crippen molar-refractivity contribution in [1.29, 1.82) is 0 Å². The SMILES string of the molecule is CC1=CC(C2CC(=O)OC2=O)CC2C(=O)OC(=O)C12. The molecule has 2 heterocycles. The van der Waals surface area contributed by atoms with Crippen molar-refractivity contribution in [3.8, 4) is 0 Å². The lowest BCUT2D eigenvalue weighted by Crippen LogP contribution is -2.31. The highest BCUT2D eigenvalue weighted by Crippen LogP contribution is 2.43. The van der Waals surface area contributed by atoms with Crippen LogP contribution in [-0.2, 0) is 28.7 Å². The number of carbonyl (C=O) groups is 4. The van der Waals surface area contributed by atoms with Crippen LogP contribution in [0.1, 0.15) is 19.8 Å². The number of ether oxygens (including phenoxy) is 2. The van der Waals surface area contributed by atoms with E-state index in [4.69, 9.17) is 0 Å². The summed E-state index contributed by atoms with van der Waals surface area (Å²) in [5.74, 6) is -4.01. The minimum atomic E-state index is -0.549. The zero-order chi connectivity index (χ0) is 13.7. The molecule has 0 aromatic heterocycles. The van der Waals surface area contributed by atoms with E-state index in [9.17, 15) is 19.2 Å². The van der Waals surface area contributed by atoms with Gasteiger partial charge in [-0.15, -0.1) is 0 Å². The number of allylic oxidation sites excluding steroid dienone is 1. The van der Waals surface area contributed by atoms with E-state index in [0.29, 0.717) is 6.42 Å². The summed E-state index contributed by atoms with van der Waals surface area (Å²) in [5, 5.41) is 0. The molecular weight excluding hydrogens is 252 g/mol. The Balaban J connectivity index is 1.89. The molecular formula is C13H12O6. The molecule has 0 bridgehead atoms. The Kier molecular flexibility index (Phi) is 2.55. The molecule has 0 aromatic rings. The summed E-state index contributed by atoms with van der Waals surface area (Å²) in [6, 6.07) is 0. The topological polar surface area (TPSA) is 86.7 Å². The monoisotopic (exact) mass is 264 g/mol. The highest BCUT2D eigenvalue weighted by molar-refractivity contribution is 5.99. The third-order valence-corrected chi connectivity index (χ3v) is 4.07. The second kappa shape index (κ2) is 4.01. The van der Waals surface area contributed by atoms with Gasteiger partial charge < -0.3 is 9.47 Å². The molecule has 0 spiro atoms. The quantitative estimate of drug-likeness (QED) is 0.386. The Morgan fingerprint density at radius 3 is 2.32 bits per heavy atom. The molecule has 4 atom stereocenters. The average molecular weight is 264 g/mol. The molecule has 0 aromatic carbocycles. The molecule has 1 aliphatic carbocycles. The van der Waals surface area contributed by atoms with Crippen molar-refractivity contribution >= 4 is 23.9 Å². The van der Waals surface area contributed by atoms with Crippen LogP contribution < -0.4 is 0 Å². The third kappa shape index (κ3) is 1.78. The maximum absolute atomic E-state index is 11.6. The fourth-order valence-electron chi connectivity index (χ4n) is 3.18. The van der Waals surface area contributed by atoms with E-state index >= 15 is 0 Å². The molecule has 2 saturated heterocycles. The summed E-state index contributed by atoms with van der Waals surface area (Å²) in [6.07, 6.45) is 2.18. The van der Waals surface area contributed by atoms with Gasteiger partial charge in [0.05, 0.1) is 24.2 Å². The third-order valence-electron chi connectivity index (χ3n) is 4.07. The van der Waals surface area contributed by atoms with Gasteiger partial charge in [0.15, 0.2) is 0 Å². The molecule has 19 heavy (non-hydrogen) atoms. The van der Waals surface area contributed by atoms with Gasteiger partial charge in [0.1, 0.15) is 0 Å². The minimum Gasteiger partial charge on any atom is -0.393 e. The highest BCUT2D eigenvalue weighted by atomic mass is 16.6. The Morgan fingerprint density at radius 1 is 1.00 bits per heavy atom. The van der Waals surface area contributed by atoms with E-state index < -0.39 is 41.6 Å². The predicted octanol–water partition coefficient (Wildman–Crippen LogP) is 0.358. The van der Waals surface area contributed by atoms with Crippen LogP contribution in [0.15, 0.2) is 11.6 Å². The molecule has 3 aliphatic rings. The van der Waals surface area contributed by atoms with E-state index in [0.717, 1.165) is 5.57 Å². The Bertz CT molecular complexity index is 531. The summed E-state index contributed by atoms with van der Waals surface area (Å²) in [5.41, 5.74) is 0.726. The molecule has 6 nitrogen and oxygen atoms in total. The maximum atomic E-state index is 11.6. The summed E-state index contributed by atoms with van der Waals surface area (Å²) < 4.78 is 9.17. The van der Waals surface area contributed by atoms with E-state index in [1.165, 1.54) is 0 Å². The van der Waals surface area contributed by atoms with Gasteiger partial charge in [-0.05, 0) is 19.3 Å². The maximum Gasteiger partial charge on any atom is 0.321 e. The Hall–Kier alpha value is -1.98. The van der Waals surface area contributed by atoms with Crippen molar-refractivity contribution in [3.05, 3.63) is 11.6 Å². The lowest BCUT2D eigenvalue weighted by molar-refractivity contribution is -0.155. The predicted molar refractivity (Wildman–Crippen MR) is 59.1 cm³/mol. The first-order valence-corrected chi connectivity index (χ1v) is 6.15. The molecule has 0 N–H and O–H groups in total. The Morgan fingerprint density at radius 2 is 1.68 bits per heavy atom. The minimum absolute atomic E-state index is 0.0354. The number of hydrogen-bond acceptors (Lipinski definition) is 6.